The SMILES string of the molecule is CC(C)(C)OC(=O)CC1(CC(=O)OC(C)(C)C)C(=O)NC2=CC=CCC21. The Bertz CT molecular complexity index is 631. The summed E-state index contributed by atoms with van der Waals surface area (Å²) in [6.07, 6.45) is 5.88. The monoisotopic (exact) mass is 363 g/mol. The van der Waals surface area contributed by atoms with E-state index in [1.54, 1.807) is 41.5 Å². The fraction of sp³-hybridized carbons (Fsp3) is 0.650. The predicted octanol–water partition coefficient (Wildman–Crippen LogP) is 3.03. The molecule has 1 amide bonds. The lowest BCUT2D eigenvalue weighted by Gasteiger charge is -2.33. The van der Waals surface area contributed by atoms with E-state index in [1.807, 2.05) is 18.2 Å². The lowest BCUT2D eigenvalue weighted by Crippen LogP contribution is -2.42. The van der Waals surface area contributed by atoms with Crippen LogP contribution in [0.1, 0.15) is 60.8 Å². The number of hydrogen-bond acceptors (Lipinski definition) is 5. The zero-order chi connectivity index (χ0) is 19.8. The summed E-state index contributed by atoms with van der Waals surface area (Å²) in [7, 11) is 0. The van der Waals surface area contributed by atoms with Gasteiger partial charge in [-0.2, -0.15) is 0 Å². The quantitative estimate of drug-likeness (QED) is 0.777. The summed E-state index contributed by atoms with van der Waals surface area (Å²) in [6, 6.07) is 0. The Morgan fingerprint density at radius 1 is 1.08 bits per heavy atom. The van der Waals surface area contributed by atoms with Crippen LogP contribution in [0.25, 0.3) is 0 Å². The van der Waals surface area contributed by atoms with E-state index in [-0.39, 0.29) is 24.7 Å². The molecule has 1 fully saturated rings. The molecular formula is C20H29NO5. The molecular weight excluding hydrogens is 334 g/mol. The summed E-state index contributed by atoms with van der Waals surface area (Å²) < 4.78 is 10.9. The highest BCUT2D eigenvalue weighted by Crippen LogP contribution is 2.48. The Balaban J connectivity index is 2.31. The van der Waals surface area contributed by atoms with Crippen LogP contribution < -0.4 is 5.32 Å². The molecule has 1 aliphatic carbocycles. The number of amides is 1. The molecule has 0 radical (unpaired) electrons. The van der Waals surface area contributed by atoms with Crippen LogP contribution in [0, 0.1) is 11.3 Å². The molecule has 0 saturated carbocycles. The Kier molecular flexibility index (Phi) is 5.36. The second kappa shape index (κ2) is 6.89. The summed E-state index contributed by atoms with van der Waals surface area (Å²) in [5, 5.41) is 2.84. The smallest absolute Gasteiger partial charge is 0.307 e. The minimum absolute atomic E-state index is 0.162. The number of hydrogen-bond donors (Lipinski definition) is 1. The Labute approximate surface area is 155 Å². The molecule has 144 valence electrons. The van der Waals surface area contributed by atoms with E-state index in [9.17, 15) is 14.4 Å². The summed E-state index contributed by atoms with van der Waals surface area (Å²) in [5.41, 5.74) is -1.78. The first-order chi connectivity index (χ1) is 11.8. The fourth-order valence-electron chi connectivity index (χ4n) is 3.44. The van der Waals surface area contributed by atoms with E-state index < -0.39 is 28.6 Å². The van der Waals surface area contributed by atoms with E-state index in [0.29, 0.717) is 6.42 Å². The highest BCUT2D eigenvalue weighted by atomic mass is 16.6. The molecule has 0 bridgehead atoms. The second-order valence-electron chi connectivity index (χ2n) is 8.98. The van der Waals surface area contributed by atoms with Gasteiger partial charge in [0.15, 0.2) is 0 Å². The van der Waals surface area contributed by atoms with Crippen LogP contribution >= 0.6 is 0 Å². The number of carbonyl (C=O) groups is 3. The normalized spacial score (nSPS) is 21.5. The first-order valence-electron chi connectivity index (χ1n) is 8.94. The largest absolute Gasteiger partial charge is 0.460 e. The van der Waals surface area contributed by atoms with Gasteiger partial charge in [-0.15, -0.1) is 0 Å². The van der Waals surface area contributed by atoms with Crippen molar-refractivity contribution in [2.24, 2.45) is 11.3 Å². The van der Waals surface area contributed by atoms with Gasteiger partial charge in [-0.1, -0.05) is 12.2 Å². The summed E-state index contributed by atoms with van der Waals surface area (Å²) >= 11 is 0. The van der Waals surface area contributed by atoms with Crippen LogP contribution in [-0.4, -0.2) is 29.0 Å². The first-order valence-corrected chi connectivity index (χ1v) is 8.94. The van der Waals surface area contributed by atoms with Crippen LogP contribution in [0.3, 0.4) is 0 Å². The molecule has 1 unspecified atom stereocenters. The second-order valence-corrected chi connectivity index (χ2v) is 8.98. The standard InChI is InChI=1S/C20H29NO5/c1-18(2,3)25-15(22)11-20(12-16(23)26-19(4,5)6)13-9-7-8-10-14(13)21-17(20)24/h7-8,10,13H,9,11-12H2,1-6H3,(H,21,24). The van der Waals surface area contributed by atoms with Crippen LogP contribution in [0.4, 0.5) is 0 Å². The van der Waals surface area contributed by atoms with Crippen molar-refractivity contribution in [3.63, 3.8) is 0 Å². The van der Waals surface area contributed by atoms with Crippen molar-refractivity contribution in [2.45, 2.75) is 72.0 Å². The maximum absolute atomic E-state index is 12.9. The third-order valence-electron chi connectivity index (χ3n) is 4.30. The van der Waals surface area contributed by atoms with Crippen molar-refractivity contribution >= 4 is 17.8 Å². The predicted molar refractivity (Wildman–Crippen MR) is 96.8 cm³/mol. The number of esters is 2. The number of ether oxygens (including phenoxy) is 2. The third-order valence-corrected chi connectivity index (χ3v) is 4.30. The molecule has 1 aliphatic heterocycles. The molecule has 0 aromatic heterocycles. The van der Waals surface area contributed by atoms with Crippen LogP contribution in [0.15, 0.2) is 23.9 Å². The number of nitrogens with one attached hydrogen (secondary N) is 1. The highest BCUT2D eigenvalue weighted by Gasteiger charge is 2.55. The van der Waals surface area contributed by atoms with Crippen LogP contribution in [-0.2, 0) is 23.9 Å². The fourth-order valence-corrected chi connectivity index (χ4v) is 3.44. The molecule has 0 aromatic carbocycles. The molecule has 2 rings (SSSR count). The average molecular weight is 363 g/mol. The van der Waals surface area contributed by atoms with E-state index in [2.05, 4.69) is 5.32 Å². The molecule has 6 heteroatoms. The zero-order valence-electron chi connectivity index (χ0n) is 16.5. The number of fused-ring (bicyclic) bond motifs is 1. The molecule has 1 saturated heterocycles. The maximum Gasteiger partial charge on any atom is 0.307 e. The van der Waals surface area contributed by atoms with Crippen molar-refractivity contribution in [3.8, 4) is 0 Å². The van der Waals surface area contributed by atoms with Crippen LogP contribution in [0.5, 0.6) is 0 Å². The third kappa shape index (κ3) is 4.74. The van der Waals surface area contributed by atoms with Gasteiger partial charge in [-0.3, -0.25) is 14.4 Å². The lowest BCUT2D eigenvalue weighted by atomic mass is 9.69. The first kappa shape index (κ1) is 20.2. The average Bonchev–Trinajstić information content (AvgIpc) is 2.67. The molecule has 0 aromatic rings. The van der Waals surface area contributed by atoms with Gasteiger partial charge in [-0.25, -0.2) is 0 Å². The van der Waals surface area contributed by atoms with E-state index >= 15 is 0 Å². The zero-order valence-corrected chi connectivity index (χ0v) is 16.5. The van der Waals surface area contributed by atoms with Crippen molar-refractivity contribution in [2.75, 3.05) is 0 Å². The van der Waals surface area contributed by atoms with Crippen molar-refractivity contribution in [3.05, 3.63) is 23.9 Å². The molecule has 1 atom stereocenters. The minimum atomic E-state index is -1.19. The molecule has 26 heavy (non-hydrogen) atoms. The topological polar surface area (TPSA) is 81.7 Å². The molecule has 0 spiro atoms. The number of allylic oxidation sites excluding steroid dienone is 4. The summed E-state index contributed by atoms with van der Waals surface area (Å²) in [4.78, 5) is 37.9. The Hall–Kier alpha value is -2.11. The van der Waals surface area contributed by atoms with Gasteiger partial charge < -0.3 is 14.8 Å². The molecule has 2 aliphatic rings. The molecule has 6 nitrogen and oxygen atoms in total. The van der Waals surface area contributed by atoms with E-state index in [0.717, 1.165) is 5.70 Å². The summed E-state index contributed by atoms with van der Waals surface area (Å²) in [5.74, 6) is -1.58. The molecule has 1 N–H and O–H groups in total. The van der Waals surface area contributed by atoms with Crippen LogP contribution in [0.2, 0.25) is 0 Å². The highest BCUT2D eigenvalue weighted by molar-refractivity contribution is 5.95. The summed E-state index contributed by atoms with van der Waals surface area (Å²) in [6.45, 7) is 10.6. The lowest BCUT2D eigenvalue weighted by molar-refractivity contribution is -0.166. The van der Waals surface area contributed by atoms with Crippen molar-refractivity contribution in [1.82, 2.24) is 5.32 Å². The van der Waals surface area contributed by atoms with Gasteiger partial charge in [0.25, 0.3) is 0 Å². The van der Waals surface area contributed by atoms with Gasteiger partial charge in [0.05, 0.1) is 18.3 Å². The van der Waals surface area contributed by atoms with Gasteiger partial charge in [0.2, 0.25) is 5.91 Å². The Morgan fingerprint density at radius 2 is 1.58 bits per heavy atom. The number of rotatable bonds is 4. The van der Waals surface area contributed by atoms with Crippen molar-refractivity contribution < 1.29 is 23.9 Å². The Morgan fingerprint density at radius 3 is 2.04 bits per heavy atom. The van der Waals surface area contributed by atoms with Crippen molar-refractivity contribution in [1.29, 1.82) is 0 Å². The van der Waals surface area contributed by atoms with E-state index in [4.69, 9.17) is 9.47 Å². The maximum atomic E-state index is 12.9. The molecule has 1 heterocycles. The van der Waals surface area contributed by atoms with Gasteiger partial charge in [0, 0.05) is 11.6 Å². The minimum Gasteiger partial charge on any atom is -0.460 e. The van der Waals surface area contributed by atoms with Gasteiger partial charge >= 0.3 is 11.9 Å². The van der Waals surface area contributed by atoms with E-state index in [1.165, 1.54) is 0 Å². The van der Waals surface area contributed by atoms with Gasteiger partial charge in [-0.05, 0) is 54.0 Å². The number of carbonyl (C=O) groups excluding carboxylic acids is 3. The van der Waals surface area contributed by atoms with Gasteiger partial charge in [0.1, 0.15) is 11.2 Å².